The fraction of sp³-hybridized carbons (Fsp3) is 0.429. The van der Waals surface area contributed by atoms with E-state index < -0.39 is 10.0 Å². The zero-order valence-electron chi connectivity index (χ0n) is 17.3. The van der Waals surface area contributed by atoms with Gasteiger partial charge < -0.3 is 10.6 Å². The van der Waals surface area contributed by atoms with Crippen LogP contribution in [0.3, 0.4) is 0 Å². The van der Waals surface area contributed by atoms with E-state index in [0.717, 1.165) is 22.4 Å². The van der Waals surface area contributed by atoms with Crippen molar-refractivity contribution in [1.82, 2.24) is 14.6 Å². The van der Waals surface area contributed by atoms with Crippen molar-refractivity contribution in [3.05, 3.63) is 58.9 Å². The molecule has 2 amide bonds. The number of anilines is 1. The van der Waals surface area contributed by atoms with Gasteiger partial charge in [-0.05, 0) is 48.1 Å². The molecule has 7 nitrogen and oxygen atoms in total. The quantitative estimate of drug-likeness (QED) is 0.783. The summed E-state index contributed by atoms with van der Waals surface area (Å²) in [6.45, 7) is 6.81. The number of urea groups is 1. The van der Waals surface area contributed by atoms with Gasteiger partial charge in [0, 0.05) is 25.0 Å². The van der Waals surface area contributed by atoms with Crippen LogP contribution in [0, 0.1) is 12.8 Å². The van der Waals surface area contributed by atoms with Crippen LogP contribution in [0.1, 0.15) is 42.3 Å². The lowest BCUT2D eigenvalue weighted by atomic mass is 9.97. The number of aryl methyl sites for hydroxylation is 1. The minimum absolute atomic E-state index is 0.169. The molecular weight excluding hydrogens is 388 g/mol. The number of hydrogen-bond donors (Lipinski definition) is 2. The van der Waals surface area contributed by atoms with Crippen molar-refractivity contribution in [2.24, 2.45) is 5.92 Å². The number of rotatable bonds is 5. The van der Waals surface area contributed by atoms with E-state index in [1.165, 1.54) is 10.6 Å². The molecule has 0 fully saturated rings. The summed E-state index contributed by atoms with van der Waals surface area (Å²) in [5.41, 5.74) is 4.51. The van der Waals surface area contributed by atoms with Gasteiger partial charge in [0.05, 0.1) is 18.0 Å². The van der Waals surface area contributed by atoms with Crippen molar-refractivity contribution in [1.29, 1.82) is 0 Å². The van der Waals surface area contributed by atoms with Crippen LogP contribution in [-0.4, -0.2) is 36.5 Å². The standard InChI is InChI=1S/C21H28N4O3S/c1-14(2)19(20-15(3)7-6-11-22-20)24-21(26)23-18-9-5-8-16-13-25(29(4,27)28)12-10-17(16)18/h5-9,11,14,19H,10,12-13H2,1-4H3,(H2,23,24,26). The largest absolute Gasteiger partial charge is 0.329 e. The Morgan fingerprint density at radius 1 is 1.21 bits per heavy atom. The van der Waals surface area contributed by atoms with E-state index in [0.29, 0.717) is 25.2 Å². The van der Waals surface area contributed by atoms with Crippen LogP contribution in [0.2, 0.25) is 0 Å². The number of aromatic nitrogens is 1. The molecule has 0 aliphatic carbocycles. The van der Waals surface area contributed by atoms with Gasteiger partial charge in [0.25, 0.3) is 0 Å². The number of hydrogen-bond acceptors (Lipinski definition) is 4. The molecule has 1 aromatic carbocycles. The first kappa shape index (κ1) is 21.3. The summed E-state index contributed by atoms with van der Waals surface area (Å²) in [7, 11) is -3.24. The highest BCUT2D eigenvalue weighted by Gasteiger charge is 2.26. The van der Waals surface area contributed by atoms with E-state index in [1.807, 2.05) is 51.1 Å². The zero-order valence-corrected chi connectivity index (χ0v) is 18.1. The first-order chi connectivity index (χ1) is 13.7. The summed E-state index contributed by atoms with van der Waals surface area (Å²) in [5, 5.41) is 6.00. The van der Waals surface area contributed by atoms with Crippen LogP contribution < -0.4 is 10.6 Å². The molecule has 0 radical (unpaired) electrons. The first-order valence-corrected chi connectivity index (χ1v) is 11.6. The third-order valence-corrected chi connectivity index (χ3v) is 6.50. The first-order valence-electron chi connectivity index (χ1n) is 9.71. The van der Waals surface area contributed by atoms with Crippen LogP contribution >= 0.6 is 0 Å². The molecule has 0 saturated heterocycles. The number of pyridine rings is 1. The monoisotopic (exact) mass is 416 g/mol. The number of carbonyl (C=O) groups is 1. The summed E-state index contributed by atoms with van der Waals surface area (Å²) in [5.74, 6) is 0.169. The maximum absolute atomic E-state index is 12.8. The smallest absolute Gasteiger partial charge is 0.319 e. The second-order valence-electron chi connectivity index (χ2n) is 7.82. The molecule has 1 aromatic heterocycles. The van der Waals surface area contributed by atoms with Crippen LogP contribution in [0.5, 0.6) is 0 Å². The molecule has 156 valence electrons. The van der Waals surface area contributed by atoms with Crippen molar-refractivity contribution in [3.63, 3.8) is 0 Å². The highest BCUT2D eigenvalue weighted by molar-refractivity contribution is 7.88. The van der Waals surface area contributed by atoms with Gasteiger partial charge >= 0.3 is 6.03 Å². The summed E-state index contributed by atoms with van der Waals surface area (Å²) < 4.78 is 25.1. The summed E-state index contributed by atoms with van der Waals surface area (Å²) in [6.07, 6.45) is 3.52. The molecule has 8 heteroatoms. The molecule has 3 rings (SSSR count). The molecular formula is C21H28N4O3S. The van der Waals surface area contributed by atoms with Gasteiger partial charge in [-0.2, -0.15) is 4.31 Å². The number of sulfonamides is 1. The van der Waals surface area contributed by atoms with Gasteiger partial charge in [0.15, 0.2) is 0 Å². The molecule has 1 unspecified atom stereocenters. The van der Waals surface area contributed by atoms with Crippen molar-refractivity contribution in [2.45, 2.75) is 39.8 Å². The van der Waals surface area contributed by atoms with Crippen LogP contribution in [0.4, 0.5) is 10.5 Å². The molecule has 2 N–H and O–H groups in total. The lowest BCUT2D eigenvalue weighted by molar-refractivity contribution is 0.244. The Kier molecular flexibility index (Phi) is 6.24. The summed E-state index contributed by atoms with van der Waals surface area (Å²) in [6, 6.07) is 8.95. The number of nitrogens with one attached hydrogen (secondary N) is 2. The molecule has 0 spiro atoms. The minimum atomic E-state index is -3.24. The molecule has 1 aliphatic rings. The van der Waals surface area contributed by atoms with E-state index >= 15 is 0 Å². The Labute approximate surface area is 172 Å². The van der Waals surface area contributed by atoms with Crippen molar-refractivity contribution < 1.29 is 13.2 Å². The second kappa shape index (κ2) is 8.51. The lowest BCUT2D eigenvalue weighted by Crippen LogP contribution is -2.37. The Balaban J connectivity index is 1.77. The second-order valence-corrected chi connectivity index (χ2v) is 9.80. The van der Waals surface area contributed by atoms with Gasteiger partial charge in [-0.25, -0.2) is 13.2 Å². The third kappa shape index (κ3) is 4.94. The number of benzene rings is 1. The summed E-state index contributed by atoms with van der Waals surface area (Å²) in [4.78, 5) is 17.2. The number of nitrogens with zero attached hydrogens (tertiary/aromatic N) is 2. The molecule has 29 heavy (non-hydrogen) atoms. The molecule has 0 bridgehead atoms. The third-order valence-electron chi connectivity index (χ3n) is 5.25. The number of fused-ring (bicyclic) bond motifs is 1. The molecule has 2 aromatic rings. The molecule has 2 heterocycles. The Morgan fingerprint density at radius 3 is 2.62 bits per heavy atom. The zero-order chi connectivity index (χ0) is 21.2. The van der Waals surface area contributed by atoms with Gasteiger partial charge in [0.1, 0.15) is 0 Å². The fourth-order valence-corrected chi connectivity index (χ4v) is 4.45. The molecule has 0 saturated carbocycles. The highest BCUT2D eigenvalue weighted by Crippen LogP contribution is 2.28. The van der Waals surface area contributed by atoms with Crippen LogP contribution in [0.15, 0.2) is 36.5 Å². The van der Waals surface area contributed by atoms with Gasteiger partial charge in [-0.15, -0.1) is 0 Å². The fourth-order valence-electron chi connectivity index (χ4n) is 3.66. The normalized spacial score (nSPS) is 15.6. The van der Waals surface area contributed by atoms with Crippen molar-refractivity contribution >= 4 is 21.7 Å². The minimum Gasteiger partial charge on any atom is -0.329 e. The average Bonchev–Trinajstić information content (AvgIpc) is 2.66. The van der Waals surface area contributed by atoms with E-state index in [2.05, 4.69) is 15.6 Å². The van der Waals surface area contributed by atoms with Gasteiger partial charge in [0.2, 0.25) is 10.0 Å². The molecule has 1 aliphatic heterocycles. The number of amides is 2. The Morgan fingerprint density at radius 2 is 1.97 bits per heavy atom. The number of carbonyl (C=O) groups excluding carboxylic acids is 1. The predicted molar refractivity (Wildman–Crippen MR) is 114 cm³/mol. The van der Waals surface area contributed by atoms with Gasteiger partial charge in [-0.1, -0.05) is 32.0 Å². The SMILES string of the molecule is Cc1cccnc1C(NC(=O)Nc1cccc2c1CCN(S(C)(=O)=O)C2)C(C)C. The lowest BCUT2D eigenvalue weighted by Gasteiger charge is -2.29. The Bertz CT molecular complexity index is 1000. The van der Waals surface area contributed by atoms with Crippen molar-refractivity contribution in [2.75, 3.05) is 18.1 Å². The van der Waals surface area contributed by atoms with Gasteiger partial charge in [-0.3, -0.25) is 4.98 Å². The van der Waals surface area contributed by atoms with E-state index in [1.54, 1.807) is 6.20 Å². The topological polar surface area (TPSA) is 91.4 Å². The predicted octanol–water partition coefficient (Wildman–Crippen LogP) is 3.23. The van der Waals surface area contributed by atoms with E-state index in [4.69, 9.17) is 0 Å². The summed E-state index contributed by atoms with van der Waals surface area (Å²) >= 11 is 0. The van der Waals surface area contributed by atoms with Crippen molar-refractivity contribution in [3.8, 4) is 0 Å². The average molecular weight is 417 g/mol. The van der Waals surface area contributed by atoms with Crippen LogP contribution in [-0.2, 0) is 23.0 Å². The molecule has 1 atom stereocenters. The Hall–Kier alpha value is -2.45. The van der Waals surface area contributed by atoms with Crippen LogP contribution in [0.25, 0.3) is 0 Å². The van der Waals surface area contributed by atoms with E-state index in [-0.39, 0.29) is 18.0 Å². The maximum Gasteiger partial charge on any atom is 0.319 e. The highest BCUT2D eigenvalue weighted by atomic mass is 32.2. The van der Waals surface area contributed by atoms with E-state index in [9.17, 15) is 13.2 Å². The maximum atomic E-state index is 12.8.